The highest BCUT2D eigenvalue weighted by atomic mass is 16.5. The van der Waals surface area contributed by atoms with Crippen LogP contribution in [0.1, 0.15) is 259 Å². The van der Waals surface area contributed by atoms with Crippen LogP contribution in [0.3, 0.4) is 0 Å². The summed E-state index contributed by atoms with van der Waals surface area (Å²) in [7, 11) is 0. The van der Waals surface area contributed by atoms with E-state index in [9.17, 15) is 9.59 Å². The Morgan fingerprint density at radius 3 is 0.598 bits per heavy atom. The third-order valence-corrected chi connectivity index (χ3v) is 15.6. The van der Waals surface area contributed by atoms with Crippen molar-refractivity contribution in [3.63, 3.8) is 0 Å². The smallest absolute Gasteiger partial charge is 0.330 e. The first kappa shape index (κ1) is 69.4. The molecule has 0 spiro atoms. The number of esters is 2. The van der Waals surface area contributed by atoms with Crippen LogP contribution in [0.2, 0.25) is 0 Å². The molecule has 0 amide bonds. The van der Waals surface area contributed by atoms with Crippen molar-refractivity contribution in [2.45, 2.75) is 259 Å². The van der Waals surface area contributed by atoms with E-state index in [0.717, 1.165) is 170 Å². The number of hydrogen-bond donors (Lipinski definition) is 0. The van der Waals surface area contributed by atoms with Crippen LogP contribution >= 0.6 is 0 Å². The molecule has 10 nitrogen and oxygen atoms in total. The molecular weight excluding hydrogens is 1020 g/mol. The Kier molecular flexibility index (Phi) is 38.4. The summed E-state index contributed by atoms with van der Waals surface area (Å²) < 4.78 is 50.8. The van der Waals surface area contributed by atoms with Gasteiger partial charge in [0.15, 0.2) is 34.5 Å². The lowest BCUT2D eigenvalue weighted by molar-refractivity contribution is -0.138. The van der Waals surface area contributed by atoms with E-state index in [0.29, 0.717) is 52.9 Å². The molecule has 0 heterocycles. The maximum absolute atomic E-state index is 11.3. The van der Waals surface area contributed by atoms with Crippen molar-refractivity contribution in [1.29, 1.82) is 0 Å². The van der Waals surface area contributed by atoms with Gasteiger partial charge in [-0.2, -0.15) is 0 Å². The van der Waals surface area contributed by atoms with Crippen LogP contribution < -0.4 is 28.4 Å². The van der Waals surface area contributed by atoms with Gasteiger partial charge in [0.25, 0.3) is 0 Å². The summed E-state index contributed by atoms with van der Waals surface area (Å²) in [5.41, 5.74) is 0. The second kappa shape index (κ2) is 45.3. The van der Waals surface area contributed by atoms with Gasteiger partial charge in [0.05, 0.1) is 52.9 Å². The quantitative estimate of drug-likeness (QED) is 0.0184. The highest BCUT2D eigenvalue weighted by Crippen LogP contribution is 2.47. The Balaban J connectivity index is 1.65. The SMILES string of the molecule is C=CC(=O)OCCCCCCCCCCCCOc1cc2c(cc1OCCCCCC)c1cc(OCCCCCC)c(OCCCCCC)cc1c1cc(OCCCCCC)c(OCCCCCCCCCCCCOC(=O)C=C)cc12. The first-order chi connectivity index (χ1) is 40.4. The molecule has 0 bridgehead atoms. The number of fused-ring (bicyclic) bond motifs is 6. The van der Waals surface area contributed by atoms with Crippen molar-refractivity contribution in [3.05, 3.63) is 61.7 Å². The van der Waals surface area contributed by atoms with Crippen molar-refractivity contribution < 1.29 is 47.5 Å². The van der Waals surface area contributed by atoms with Crippen molar-refractivity contribution in [1.82, 2.24) is 0 Å². The number of benzene rings is 4. The van der Waals surface area contributed by atoms with E-state index < -0.39 is 0 Å². The van der Waals surface area contributed by atoms with Gasteiger partial charge in [-0.1, -0.05) is 221 Å². The second-order valence-electron chi connectivity index (χ2n) is 22.7. The minimum atomic E-state index is -0.335. The molecule has 0 aliphatic carbocycles. The van der Waals surface area contributed by atoms with Crippen LogP contribution in [0.5, 0.6) is 34.5 Å². The van der Waals surface area contributed by atoms with Crippen molar-refractivity contribution >= 4 is 44.3 Å². The minimum Gasteiger partial charge on any atom is -0.490 e. The molecule has 4 aromatic rings. The first-order valence-corrected chi connectivity index (χ1v) is 33.3. The van der Waals surface area contributed by atoms with Gasteiger partial charge in [0.1, 0.15) is 0 Å². The average Bonchev–Trinajstić information content (AvgIpc) is 1.39. The highest BCUT2D eigenvalue weighted by molar-refractivity contribution is 6.26. The average molecular weight is 1140 g/mol. The van der Waals surface area contributed by atoms with E-state index >= 15 is 0 Å². The second-order valence-corrected chi connectivity index (χ2v) is 22.7. The summed E-state index contributed by atoms with van der Waals surface area (Å²) in [4.78, 5) is 22.6. The lowest BCUT2D eigenvalue weighted by atomic mass is 9.93. The molecule has 0 radical (unpaired) electrons. The molecule has 0 fully saturated rings. The third-order valence-electron chi connectivity index (χ3n) is 15.6. The van der Waals surface area contributed by atoms with Gasteiger partial charge >= 0.3 is 11.9 Å². The largest absolute Gasteiger partial charge is 0.490 e. The number of ether oxygens (including phenoxy) is 8. The van der Waals surface area contributed by atoms with Gasteiger partial charge in [-0.05, 0) is 120 Å². The highest BCUT2D eigenvalue weighted by Gasteiger charge is 2.21. The molecule has 4 rings (SSSR count). The van der Waals surface area contributed by atoms with Gasteiger partial charge in [0.2, 0.25) is 0 Å². The number of carbonyl (C=O) groups is 2. The summed E-state index contributed by atoms with van der Waals surface area (Å²) in [5, 5.41) is 6.54. The maximum Gasteiger partial charge on any atom is 0.330 e. The fraction of sp³-hybridized carbons (Fsp3) is 0.667. The standard InChI is InChI=1S/C72H112O10/c1-7-13-17-37-45-75-65-53-59-60(54-66(65)76-46-38-18-14-8-2)62-56-68(78-48-40-20-16-10-4)70(80-50-42-34-30-26-22-24-28-32-36-44-52-82-72(74)12-6)58-64(62)63-57-69(67(55-61(59)63)77-47-39-19-15-9-3)79-49-41-33-29-25-21-23-27-31-35-43-51-81-71(73)11-5/h11-12,53-58H,5-10,13-52H2,1-4H3. The van der Waals surface area contributed by atoms with Crippen molar-refractivity contribution in [3.8, 4) is 34.5 Å². The third kappa shape index (κ3) is 28.0. The van der Waals surface area contributed by atoms with Gasteiger partial charge in [-0.3, -0.25) is 0 Å². The zero-order valence-corrected chi connectivity index (χ0v) is 52.2. The fourth-order valence-electron chi connectivity index (χ4n) is 10.6. The van der Waals surface area contributed by atoms with Gasteiger partial charge in [-0.25, -0.2) is 9.59 Å². The first-order valence-electron chi connectivity index (χ1n) is 33.3. The van der Waals surface area contributed by atoms with E-state index in [-0.39, 0.29) is 11.9 Å². The Morgan fingerprint density at radius 2 is 0.427 bits per heavy atom. The molecule has 0 aromatic heterocycles. The Hall–Kier alpha value is -5.12. The zero-order valence-electron chi connectivity index (χ0n) is 52.2. The zero-order chi connectivity index (χ0) is 58.5. The predicted octanol–water partition coefficient (Wildman–Crippen LogP) is 21.0. The fourth-order valence-corrected chi connectivity index (χ4v) is 10.6. The molecule has 0 atom stereocenters. The normalized spacial score (nSPS) is 11.3. The number of hydrogen-bond acceptors (Lipinski definition) is 10. The summed E-state index contributed by atoms with van der Waals surface area (Å²) in [6.07, 6.45) is 43.2. The lowest BCUT2D eigenvalue weighted by Crippen LogP contribution is -2.05. The van der Waals surface area contributed by atoms with E-state index in [1.54, 1.807) is 0 Å². The van der Waals surface area contributed by atoms with Crippen LogP contribution in [0.4, 0.5) is 0 Å². The molecule has 0 aliphatic rings. The van der Waals surface area contributed by atoms with Gasteiger partial charge in [0, 0.05) is 12.2 Å². The van der Waals surface area contributed by atoms with Crippen molar-refractivity contribution in [2.24, 2.45) is 0 Å². The Bertz CT molecular complexity index is 2190. The molecule has 0 unspecified atom stereocenters. The molecule has 460 valence electrons. The van der Waals surface area contributed by atoms with Crippen LogP contribution in [-0.2, 0) is 19.1 Å². The molecule has 82 heavy (non-hydrogen) atoms. The molecule has 0 N–H and O–H groups in total. The van der Waals surface area contributed by atoms with Crippen LogP contribution in [0.25, 0.3) is 32.3 Å². The van der Waals surface area contributed by atoms with E-state index in [2.05, 4.69) is 77.3 Å². The predicted molar refractivity (Wildman–Crippen MR) is 343 cm³/mol. The van der Waals surface area contributed by atoms with E-state index in [1.165, 1.54) is 141 Å². The number of rotatable bonds is 54. The van der Waals surface area contributed by atoms with Crippen LogP contribution in [-0.4, -0.2) is 64.8 Å². The topological polar surface area (TPSA) is 108 Å². The molecule has 10 heteroatoms. The minimum absolute atomic E-state index is 0.335. The molecule has 0 saturated heterocycles. The number of unbranched alkanes of at least 4 members (excludes halogenated alkanes) is 30. The maximum atomic E-state index is 11.3. The summed E-state index contributed by atoms with van der Waals surface area (Å²) in [6.45, 7) is 20.7. The van der Waals surface area contributed by atoms with Gasteiger partial charge < -0.3 is 37.9 Å². The van der Waals surface area contributed by atoms with E-state index in [1.807, 2.05) is 0 Å². The molecule has 0 saturated carbocycles. The number of carbonyl (C=O) groups excluding carboxylic acids is 2. The Morgan fingerprint density at radius 1 is 0.268 bits per heavy atom. The van der Waals surface area contributed by atoms with E-state index in [4.69, 9.17) is 37.9 Å². The summed E-state index contributed by atoms with van der Waals surface area (Å²) in [5.74, 6) is 4.05. The molecule has 4 aromatic carbocycles. The molecule has 0 aliphatic heterocycles. The van der Waals surface area contributed by atoms with Crippen molar-refractivity contribution in [2.75, 3.05) is 52.9 Å². The van der Waals surface area contributed by atoms with Crippen LogP contribution in [0, 0.1) is 0 Å². The Labute approximate surface area is 497 Å². The molecular formula is C72H112O10. The lowest BCUT2D eigenvalue weighted by Gasteiger charge is -2.21. The monoisotopic (exact) mass is 1140 g/mol. The van der Waals surface area contributed by atoms with Crippen LogP contribution in [0.15, 0.2) is 61.7 Å². The summed E-state index contributed by atoms with van der Waals surface area (Å²) >= 11 is 0. The summed E-state index contributed by atoms with van der Waals surface area (Å²) in [6, 6.07) is 13.4. The van der Waals surface area contributed by atoms with Gasteiger partial charge in [-0.15, -0.1) is 0 Å².